The van der Waals surface area contributed by atoms with Crippen molar-refractivity contribution < 1.29 is 4.79 Å². The van der Waals surface area contributed by atoms with Gasteiger partial charge in [-0.3, -0.25) is 14.2 Å². The second-order valence-electron chi connectivity index (χ2n) is 4.58. The maximum absolute atomic E-state index is 12.1. The molecular weight excluding hydrogens is 288 g/mol. The Morgan fingerprint density at radius 1 is 1.33 bits per heavy atom. The number of thiophene rings is 1. The Morgan fingerprint density at radius 2 is 2.14 bits per heavy atom. The van der Waals surface area contributed by atoms with Crippen LogP contribution in [0, 0.1) is 0 Å². The molecule has 0 saturated carbocycles. The van der Waals surface area contributed by atoms with Crippen molar-refractivity contribution in [1.29, 1.82) is 0 Å². The average Bonchev–Trinajstić information content (AvgIpc) is 3.13. The van der Waals surface area contributed by atoms with E-state index in [0.29, 0.717) is 23.3 Å². The number of amides is 1. The molecule has 0 aliphatic heterocycles. The molecule has 0 aliphatic rings. The highest BCUT2D eigenvalue weighted by molar-refractivity contribution is 7.17. The standard InChI is InChI=1S/C14H14N4O2S/c19-12(15-4-7-17-5-1-2-6-17)9-18-10-16-11-3-8-21-13(11)14(18)20/h1-3,5-6,8,10H,4,7,9H2,(H,15,19). The molecule has 3 aromatic heterocycles. The molecule has 1 amide bonds. The van der Waals surface area contributed by atoms with Crippen LogP contribution < -0.4 is 10.9 Å². The first kappa shape index (κ1) is 13.6. The number of hydrogen-bond acceptors (Lipinski definition) is 4. The molecule has 0 aromatic carbocycles. The monoisotopic (exact) mass is 302 g/mol. The van der Waals surface area contributed by atoms with Gasteiger partial charge in [-0.15, -0.1) is 11.3 Å². The molecule has 108 valence electrons. The number of fused-ring (bicyclic) bond motifs is 1. The van der Waals surface area contributed by atoms with Gasteiger partial charge in [-0.05, 0) is 23.6 Å². The SMILES string of the molecule is O=C(Cn1cnc2ccsc2c1=O)NCCn1cccc1. The highest BCUT2D eigenvalue weighted by Crippen LogP contribution is 2.12. The molecule has 3 aromatic rings. The Kier molecular flexibility index (Phi) is 3.83. The first-order chi connectivity index (χ1) is 10.2. The van der Waals surface area contributed by atoms with Crippen LogP contribution in [0.1, 0.15) is 0 Å². The van der Waals surface area contributed by atoms with Crippen LogP contribution in [0.15, 0.2) is 47.1 Å². The van der Waals surface area contributed by atoms with Gasteiger partial charge in [0.25, 0.3) is 5.56 Å². The zero-order chi connectivity index (χ0) is 14.7. The maximum Gasteiger partial charge on any atom is 0.271 e. The van der Waals surface area contributed by atoms with Crippen molar-refractivity contribution in [3.05, 3.63) is 52.7 Å². The zero-order valence-electron chi connectivity index (χ0n) is 11.2. The first-order valence-corrected chi connectivity index (χ1v) is 7.42. The minimum atomic E-state index is -0.193. The molecule has 6 nitrogen and oxygen atoms in total. The molecule has 0 atom stereocenters. The van der Waals surface area contributed by atoms with Crippen molar-refractivity contribution in [2.45, 2.75) is 13.1 Å². The minimum absolute atomic E-state index is 0.00858. The van der Waals surface area contributed by atoms with Gasteiger partial charge in [0.1, 0.15) is 11.2 Å². The van der Waals surface area contributed by atoms with Crippen LogP contribution in [0.3, 0.4) is 0 Å². The van der Waals surface area contributed by atoms with Crippen molar-refractivity contribution in [1.82, 2.24) is 19.4 Å². The summed E-state index contributed by atoms with van der Waals surface area (Å²) in [5.74, 6) is -0.193. The highest BCUT2D eigenvalue weighted by atomic mass is 32.1. The Balaban J connectivity index is 1.60. The molecule has 21 heavy (non-hydrogen) atoms. The van der Waals surface area contributed by atoms with Gasteiger partial charge in [-0.2, -0.15) is 0 Å². The summed E-state index contributed by atoms with van der Waals surface area (Å²) in [7, 11) is 0. The predicted octanol–water partition coefficient (Wildman–Crippen LogP) is 1.08. The second kappa shape index (κ2) is 5.92. The number of rotatable bonds is 5. The smallest absolute Gasteiger partial charge is 0.271 e. The van der Waals surface area contributed by atoms with Crippen LogP contribution in [0.5, 0.6) is 0 Å². The van der Waals surface area contributed by atoms with E-state index in [1.807, 2.05) is 34.5 Å². The molecule has 3 heterocycles. The fourth-order valence-corrected chi connectivity index (χ4v) is 2.84. The lowest BCUT2D eigenvalue weighted by molar-refractivity contribution is -0.121. The molecule has 1 N–H and O–H groups in total. The van der Waals surface area contributed by atoms with Crippen LogP contribution in [0.25, 0.3) is 10.2 Å². The number of nitrogens with zero attached hydrogens (tertiary/aromatic N) is 3. The number of hydrogen-bond donors (Lipinski definition) is 1. The largest absolute Gasteiger partial charge is 0.353 e. The van der Waals surface area contributed by atoms with Crippen LogP contribution in [0.4, 0.5) is 0 Å². The predicted molar refractivity (Wildman–Crippen MR) is 81.3 cm³/mol. The second-order valence-corrected chi connectivity index (χ2v) is 5.50. The number of aromatic nitrogens is 3. The topological polar surface area (TPSA) is 68.9 Å². The van der Waals surface area contributed by atoms with Gasteiger partial charge in [-0.1, -0.05) is 0 Å². The van der Waals surface area contributed by atoms with Crippen LogP contribution in [-0.4, -0.2) is 26.6 Å². The third-order valence-electron chi connectivity index (χ3n) is 3.11. The van der Waals surface area contributed by atoms with Gasteiger partial charge in [0.05, 0.1) is 11.8 Å². The summed E-state index contributed by atoms with van der Waals surface area (Å²) in [4.78, 5) is 28.2. The van der Waals surface area contributed by atoms with E-state index in [1.54, 1.807) is 6.07 Å². The Labute approximate surface area is 124 Å². The zero-order valence-corrected chi connectivity index (χ0v) is 12.0. The highest BCUT2D eigenvalue weighted by Gasteiger charge is 2.08. The summed E-state index contributed by atoms with van der Waals surface area (Å²) in [5, 5.41) is 4.61. The molecule has 0 bridgehead atoms. The van der Waals surface area contributed by atoms with Gasteiger partial charge in [0.2, 0.25) is 5.91 Å². The Bertz CT molecular complexity index is 804. The number of carbonyl (C=O) groups excluding carboxylic acids is 1. The van der Waals surface area contributed by atoms with E-state index in [0.717, 1.165) is 0 Å². The molecule has 7 heteroatoms. The molecule has 0 fully saturated rings. The van der Waals surface area contributed by atoms with Crippen molar-refractivity contribution in [3.8, 4) is 0 Å². The molecule has 0 radical (unpaired) electrons. The molecule has 0 unspecified atom stereocenters. The molecule has 0 saturated heterocycles. The summed E-state index contributed by atoms with van der Waals surface area (Å²) in [6, 6.07) is 5.66. The summed E-state index contributed by atoms with van der Waals surface area (Å²) in [5.41, 5.74) is 0.504. The number of carbonyl (C=O) groups is 1. The van der Waals surface area contributed by atoms with E-state index >= 15 is 0 Å². The van der Waals surface area contributed by atoms with E-state index in [9.17, 15) is 9.59 Å². The minimum Gasteiger partial charge on any atom is -0.353 e. The molecule has 0 aliphatic carbocycles. The normalized spacial score (nSPS) is 10.9. The fraction of sp³-hybridized carbons (Fsp3) is 0.214. The van der Waals surface area contributed by atoms with Gasteiger partial charge >= 0.3 is 0 Å². The molecule has 0 spiro atoms. The van der Waals surface area contributed by atoms with E-state index < -0.39 is 0 Å². The summed E-state index contributed by atoms with van der Waals surface area (Å²) < 4.78 is 3.90. The molecule has 3 rings (SSSR count). The first-order valence-electron chi connectivity index (χ1n) is 6.54. The number of nitrogens with one attached hydrogen (secondary N) is 1. The van der Waals surface area contributed by atoms with E-state index in [2.05, 4.69) is 10.3 Å². The summed E-state index contributed by atoms with van der Waals surface area (Å²) in [6.45, 7) is 1.22. The van der Waals surface area contributed by atoms with E-state index in [1.165, 1.54) is 22.2 Å². The van der Waals surface area contributed by atoms with Gasteiger partial charge < -0.3 is 9.88 Å². The van der Waals surface area contributed by atoms with Crippen LogP contribution in [-0.2, 0) is 17.9 Å². The van der Waals surface area contributed by atoms with Crippen molar-refractivity contribution in [2.24, 2.45) is 0 Å². The lowest BCUT2D eigenvalue weighted by Crippen LogP contribution is -2.33. The van der Waals surface area contributed by atoms with Gasteiger partial charge in [-0.25, -0.2) is 4.98 Å². The summed E-state index contributed by atoms with van der Waals surface area (Å²) >= 11 is 1.34. The summed E-state index contributed by atoms with van der Waals surface area (Å²) in [6.07, 6.45) is 5.29. The van der Waals surface area contributed by atoms with Crippen molar-refractivity contribution >= 4 is 27.5 Å². The van der Waals surface area contributed by atoms with Gasteiger partial charge in [0, 0.05) is 25.5 Å². The van der Waals surface area contributed by atoms with Crippen molar-refractivity contribution in [2.75, 3.05) is 6.54 Å². The fourth-order valence-electron chi connectivity index (χ4n) is 2.05. The van der Waals surface area contributed by atoms with Crippen molar-refractivity contribution in [3.63, 3.8) is 0 Å². The Morgan fingerprint density at radius 3 is 2.95 bits per heavy atom. The quantitative estimate of drug-likeness (QED) is 0.766. The third kappa shape index (κ3) is 3.03. The third-order valence-corrected chi connectivity index (χ3v) is 4.00. The van der Waals surface area contributed by atoms with Crippen LogP contribution >= 0.6 is 11.3 Å². The maximum atomic E-state index is 12.1. The molecular formula is C14H14N4O2S. The lowest BCUT2D eigenvalue weighted by Gasteiger charge is -2.07. The van der Waals surface area contributed by atoms with Gasteiger partial charge in [0.15, 0.2) is 0 Å². The Hall–Kier alpha value is -2.41. The average molecular weight is 302 g/mol. The van der Waals surface area contributed by atoms with Crippen LogP contribution in [0.2, 0.25) is 0 Å². The van der Waals surface area contributed by atoms with E-state index in [4.69, 9.17) is 0 Å². The van der Waals surface area contributed by atoms with E-state index in [-0.39, 0.29) is 18.0 Å². The lowest BCUT2D eigenvalue weighted by atomic mass is 10.4.